The second-order valence-corrected chi connectivity index (χ2v) is 7.91. The van der Waals surface area contributed by atoms with Crippen molar-refractivity contribution in [2.24, 2.45) is 5.92 Å². The summed E-state index contributed by atoms with van der Waals surface area (Å²) in [6.45, 7) is 2.54. The van der Waals surface area contributed by atoms with E-state index in [1.165, 1.54) is 6.26 Å². The fraction of sp³-hybridized carbons (Fsp3) is 0.556. The first-order valence-corrected chi connectivity index (χ1v) is 9.22. The van der Waals surface area contributed by atoms with E-state index in [0.717, 1.165) is 0 Å². The van der Waals surface area contributed by atoms with E-state index in [0.29, 0.717) is 31.2 Å². The van der Waals surface area contributed by atoms with Crippen LogP contribution in [0.2, 0.25) is 0 Å². The number of carbonyl (C=O) groups excluding carboxylic acids is 2. The number of nitrogens with zero attached hydrogens (tertiary/aromatic N) is 4. The van der Waals surface area contributed by atoms with E-state index >= 15 is 0 Å². The minimum Gasteiger partial charge on any atom is -0.448 e. The van der Waals surface area contributed by atoms with Crippen LogP contribution in [0.5, 0.6) is 0 Å². The van der Waals surface area contributed by atoms with E-state index in [4.69, 9.17) is 4.42 Å². The van der Waals surface area contributed by atoms with Crippen molar-refractivity contribution in [2.75, 3.05) is 13.1 Å². The number of nitrogens with one attached hydrogen (secondary N) is 1. The van der Waals surface area contributed by atoms with Crippen molar-refractivity contribution in [3.8, 4) is 0 Å². The van der Waals surface area contributed by atoms with Gasteiger partial charge in [-0.05, 0) is 6.42 Å². The van der Waals surface area contributed by atoms with Crippen molar-refractivity contribution in [3.05, 3.63) is 36.1 Å². The quantitative estimate of drug-likeness (QED) is 0.859. The van der Waals surface area contributed by atoms with E-state index in [1.54, 1.807) is 18.0 Å². The third-order valence-electron chi connectivity index (χ3n) is 6.08. The number of alkyl halides is 2. The number of amides is 2. The van der Waals surface area contributed by atoms with Crippen LogP contribution < -0.4 is 5.32 Å². The molecule has 2 aromatic rings. The Morgan fingerprint density at radius 3 is 2.75 bits per heavy atom. The monoisotopic (exact) mass is 391 g/mol. The summed E-state index contributed by atoms with van der Waals surface area (Å²) in [5, 5.41) is 2.75. The summed E-state index contributed by atoms with van der Waals surface area (Å²) in [6, 6.07) is -0.439. The molecule has 2 amide bonds. The van der Waals surface area contributed by atoms with Gasteiger partial charge >= 0.3 is 0 Å². The van der Waals surface area contributed by atoms with Crippen molar-refractivity contribution < 1.29 is 22.8 Å². The Labute approximate surface area is 158 Å². The maximum atomic E-state index is 13.6. The van der Waals surface area contributed by atoms with Crippen molar-refractivity contribution in [1.82, 2.24) is 24.8 Å². The van der Waals surface area contributed by atoms with Gasteiger partial charge in [0.2, 0.25) is 5.91 Å². The number of hydrogen-bond acceptors (Lipinski definition) is 5. The predicted molar refractivity (Wildman–Crippen MR) is 90.5 cm³/mol. The molecule has 1 saturated heterocycles. The summed E-state index contributed by atoms with van der Waals surface area (Å²) < 4.78 is 34.2. The lowest BCUT2D eigenvalue weighted by atomic mass is 9.79. The number of aryl methyl sites for hydroxylation is 1. The van der Waals surface area contributed by atoms with Gasteiger partial charge in [-0.15, -0.1) is 0 Å². The van der Waals surface area contributed by atoms with Gasteiger partial charge in [-0.2, -0.15) is 0 Å². The van der Waals surface area contributed by atoms with Crippen LogP contribution in [0.4, 0.5) is 8.78 Å². The van der Waals surface area contributed by atoms with Crippen molar-refractivity contribution in [3.63, 3.8) is 0 Å². The highest BCUT2D eigenvalue weighted by atomic mass is 19.3. The molecule has 0 radical (unpaired) electrons. The number of hydrogen-bond donors (Lipinski definition) is 1. The molecular formula is C18H19F2N5O3. The average molecular weight is 391 g/mol. The standard InChI is InChI=1S/C18H19F2N5O3/c1-10-22-13(7-28-10)16(27)24-8-17(9-24)6-12(14-21-4-5-25(14)17)23-15(26)11-2-3-18(11,19)20/h4-5,7,11-12H,2-3,6,8-9H2,1H3,(H,23,26). The fourth-order valence-corrected chi connectivity index (χ4v) is 4.47. The molecule has 1 spiro atoms. The van der Waals surface area contributed by atoms with Crippen LogP contribution in [-0.4, -0.2) is 50.3 Å². The van der Waals surface area contributed by atoms with Crippen LogP contribution in [-0.2, 0) is 10.3 Å². The van der Waals surface area contributed by atoms with Crippen LogP contribution in [0, 0.1) is 12.8 Å². The first-order chi connectivity index (χ1) is 13.3. The Morgan fingerprint density at radius 1 is 1.36 bits per heavy atom. The van der Waals surface area contributed by atoms with Crippen molar-refractivity contribution >= 4 is 11.8 Å². The summed E-state index contributed by atoms with van der Waals surface area (Å²) >= 11 is 0. The van der Waals surface area contributed by atoms with Crippen LogP contribution in [0.3, 0.4) is 0 Å². The second-order valence-electron chi connectivity index (χ2n) is 7.91. The van der Waals surface area contributed by atoms with Gasteiger partial charge in [0.25, 0.3) is 11.8 Å². The summed E-state index contributed by atoms with van der Waals surface area (Å²) in [7, 11) is 0. The normalized spacial score (nSPS) is 26.5. The lowest BCUT2D eigenvalue weighted by molar-refractivity contribution is -0.163. The highest BCUT2D eigenvalue weighted by Crippen LogP contribution is 2.47. The lowest BCUT2D eigenvalue weighted by Gasteiger charge is -2.48. The number of likely N-dealkylation sites (tertiary alicyclic amines) is 1. The van der Waals surface area contributed by atoms with Crippen LogP contribution >= 0.6 is 0 Å². The molecule has 2 unspecified atom stereocenters. The number of halogens is 2. The first-order valence-electron chi connectivity index (χ1n) is 9.22. The predicted octanol–water partition coefficient (Wildman–Crippen LogP) is 1.64. The van der Waals surface area contributed by atoms with E-state index in [9.17, 15) is 18.4 Å². The molecule has 10 heteroatoms. The Kier molecular flexibility index (Phi) is 3.48. The zero-order chi connectivity index (χ0) is 19.7. The average Bonchev–Trinajstić information content (AvgIpc) is 3.29. The molecule has 1 N–H and O–H groups in total. The number of oxazole rings is 1. The number of aromatic nitrogens is 3. The highest BCUT2D eigenvalue weighted by Gasteiger charge is 2.56. The summed E-state index contributed by atoms with van der Waals surface area (Å²) in [5.74, 6) is -3.97. The zero-order valence-electron chi connectivity index (χ0n) is 15.2. The maximum absolute atomic E-state index is 13.6. The lowest BCUT2D eigenvalue weighted by Crippen LogP contribution is -2.63. The molecule has 4 heterocycles. The molecule has 8 nitrogen and oxygen atoms in total. The summed E-state index contributed by atoms with van der Waals surface area (Å²) in [4.78, 5) is 34.8. The Morgan fingerprint density at radius 2 is 2.14 bits per heavy atom. The Bertz CT molecular complexity index is 962. The molecule has 1 saturated carbocycles. The fourth-order valence-electron chi connectivity index (χ4n) is 4.47. The minimum absolute atomic E-state index is 0.199. The Balaban J connectivity index is 1.29. The van der Waals surface area contributed by atoms with Gasteiger partial charge in [0, 0.05) is 45.2 Å². The highest BCUT2D eigenvalue weighted by molar-refractivity contribution is 5.92. The number of carbonyl (C=O) groups is 2. The van der Waals surface area contributed by atoms with Gasteiger partial charge < -0.3 is 19.2 Å². The minimum atomic E-state index is -2.93. The molecule has 1 aliphatic carbocycles. The number of imidazole rings is 1. The van der Waals surface area contributed by atoms with Crippen LogP contribution in [0.1, 0.15) is 47.5 Å². The molecular weight excluding hydrogens is 372 g/mol. The van der Waals surface area contributed by atoms with Crippen molar-refractivity contribution in [1.29, 1.82) is 0 Å². The van der Waals surface area contributed by atoms with Crippen LogP contribution in [0.25, 0.3) is 0 Å². The molecule has 0 aromatic carbocycles. The SMILES string of the molecule is Cc1nc(C(=O)N2CC3(CC(NC(=O)C4CCC4(F)F)c4nccn43)C2)co1. The van der Waals surface area contributed by atoms with E-state index in [-0.39, 0.29) is 30.0 Å². The molecule has 2 aliphatic heterocycles. The third-order valence-corrected chi connectivity index (χ3v) is 6.08. The largest absolute Gasteiger partial charge is 0.448 e. The molecule has 5 rings (SSSR count). The van der Waals surface area contributed by atoms with Gasteiger partial charge in [0.1, 0.15) is 18.0 Å². The third kappa shape index (κ3) is 2.39. The zero-order valence-corrected chi connectivity index (χ0v) is 15.2. The van der Waals surface area contributed by atoms with Gasteiger partial charge in [-0.3, -0.25) is 9.59 Å². The molecule has 2 atom stereocenters. The number of fused-ring (bicyclic) bond motifs is 2. The first kappa shape index (κ1) is 17.3. The maximum Gasteiger partial charge on any atom is 0.275 e. The molecule has 3 aliphatic rings. The molecule has 0 bridgehead atoms. The van der Waals surface area contributed by atoms with Gasteiger partial charge in [-0.1, -0.05) is 0 Å². The number of rotatable bonds is 3. The van der Waals surface area contributed by atoms with Crippen molar-refractivity contribution in [2.45, 2.75) is 43.7 Å². The van der Waals surface area contributed by atoms with E-state index < -0.39 is 23.8 Å². The molecule has 148 valence electrons. The van der Waals surface area contributed by atoms with E-state index in [2.05, 4.69) is 15.3 Å². The molecule has 28 heavy (non-hydrogen) atoms. The summed E-state index contributed by atoms with van der Waals surface area (Å²) in [5.41, 5.74) is -0.131. The second kappa shape index (κ2) is 5.62. The molecule has 2 aromatic heterocycles. The smallest absolute Gasteiger partial charge is 0.275 e. The summed E-state index contributed by atoms with van der Waals surface area (Å²) in [6.07, 6.45) is 5.24. The van der Waals surface area contributed by atoms with Crippen LogP contribution in [0.15, 0.2) is 23.1 Å². The van der Waals surface area contributed by atoms with Gasteiger partial charge in [0.05, 0.1) is 11.6 Å². The van der Waals surface area contributed by atoms with Gasteiger partial charge in [-0.25, -0.2) is 18.7 Å². The van der Waals surface area contributed by atoms with E-state index in [1.807, 2.05) is 10.8 Å². The van der Waals surface area contributed by atoms with Gasteiger partial charge in [0.15, 0.2) is 11.6 Å². The molecule has 2 fully saturated rings. The Hall–Kier alpha value is -2.78. The topological polar surface area (TPSA) is 93.3 Å².